The summed E-state index contributed by atoms with van der Waals surface area (Å²) in [7, 11) is 1.38. The van der Waals surface area contributed by atoms with E-state index in [2.05, 4.69) is 4.98 Å². The Morgan fingerprint density at radius 2 is 2.24 bits per heavy atom. The van der Waals surface area contributed by atoms with E-state index in [1.807, 2.05) is 6.07 Å². The van der Waals surface area contributed by atoms with Gasteiger partial charge in [0.05, 0.1) is 7.11 Å². The molecule has 0 aliphatic carbocycles. The number of thioether (sulfide) groups is 1. The van der Waals surface area contributed by atoms with Gasteiger partial charge in [-0.25, -0.2) is 4.39 Å². The zero-order valence-corrected chi connectivity index (χ0v) is 10.3. The van der Waals surface area contributed by atoms with Gasteiger partial charge in [0, 0.05) is 12.2 Å². The van der Waals surface area contributed by atoms with E-state index in [1.165, 1.54) is 7.11 Å². The van der Waals surface area contributed by atoms with Gasteiger partial charge in [0.1, 0.15) is 6.07 Å². The maximum Gasteiger partial charge on any atom is 0.301 e. The lowest BCUT2D eigenvalue weighted by Crippen LogP contribution is -1.85. The van der Waals surface area contributed by atoms with Crippen LogP contribution in [0.25, 0.3) is 0 Å². The third kappa shape index (κ3) is 3.94. The van der Waals surface area contributed by atoms with E-state index in [-0.39, 0.29) is 18.1 Å². The summed E-state index contributed by atoms with van der Waals surface area (Å²) in [5, 5.41) is 8.71. The molecular formula is C9H7F3N2OS2. The van der Waals surface area contributed by atoms with Crippen LogP contribution in [0.15, 0.2) is 16.2 Å². The van der Waals surface area contributed by atoms with Gasteiger partial charge < -0.3 is 4.74 Å². The average Bonchev–Trinajstić information content (AvgIpc) is 2.71. The van der Waals surface area contributed by atoms with Crippen molar-refractivity contribution in [3.05, 3.63) is 16.8 Å². The first-order chi connectivity index (χ1) is 8.08. The Hall–Kier alpha value is -1.20. The highest BCUT2D eigenvalue weighted by Crippen LogP contribution is 2.32. The predicted octanol–water partition coefficient (Wildman–Crippen LogP) is 3.58. The van der Waals surface area contributed by atoms with E-state index in [0.29, 0.717) is 9.22 Å². The van der Waals surface area contributed by atoms with Crippen LogP contribution in [0.3, 0.4) is 0 Å². The summed E-state index contributed by atoms with van der Waals surface area (Å²) in [4.78, 5) is 4.26. The van der Waals surface area contributed by atoms with Crippen LogP contribution < -0.4 is 4.74 Å². The molecule has 1 aromatic rings. The van der Waals surface area contributed by atoms with Gasteiger partial charge in [-0.2, -0.15) is 19.0 Å². The second kappa shape index (κ2) is 6.51. The minimum Gasteiger partial charge on any atom is -0.479 e. The van der Waals surface area contributed by atoms with E-state index in [4.69, 9.17) is 10.00 Å². The molecule has 0 aliphatic rings. The normalized spacial score (nSPS) is 9.82. The highest BCUT2D eigenvalue weighted by molar-refractivity contribution is 8.01. The van der Waals surface area contributed by atoms with Crippen LogP contribution in [0.2, 0.25) is 0 Å². The summed E-state index contributed by atoms with van der Waals surface area (Å²) in [6, 6.07) is 1.90. The fourth-order valence-corrected chi connectivity index (χ4v) is 2.78. The predicted molar refractivity (Wildman–Crippen MR) is 59.1 cm³/mol. The van der Waals surface area contributed by atoms with Crippen molar-refractivity contribution in [1.82, 2.24) is 4.98 Å². The van der Waals surface area contributed by atoms with E-state index >= 15 is 0 Å². The topological polar surface area (TPSA) is 45.9 Å². The second-order valence-electron chi connectivity index (χ2n) is 2.69. The smallest absolute Gasteiger partial charge is 0.301 e. The molecule has 0 aliphatic heterocycles. The molecule has 8 heteroatoms. The fraction of sp³-hybridized carbons (Fsp3) is 0.333. The SMILES string of the molecule is COc1nc(SCCC(F)=C(F)F)sc1C#N. The van der Waals surface area contributed by atoms with Crippen molar-refractivity contribution in [1.29, 1.82) is 5.26 Å². The lowest BCUT2D eigenvalue weighted by Gasteiger charge is -1.95. The number of methoxy groups -OCH3 is 1. The lowest BCUT2D eigenvalue weighted by molar-refractivity contribution is 0.373. The van der Waals surface area contributed by atoms with Crippen LogP contribution in [-0.4, -0.2) is 17.8 Å². The zero-order valence-electron chi connectivity index (χ0n) is 8.67. The van der Waals surface area contributed by atoms with Gasteiger partial charge in [-0.3, -0.25) is 0 Å². The molecule has 0 atom stereocenters. The summed E-state index contributed by atoms with van der Waals surface area (Å²) in [6.45, 7) is 0. The van der Waals surface area contributed by atoms with Crippen molar-refractivity contribution in [2.45, 2.75) is 10.8 Å². The third-order valence-corrected chi connectivity index (χ3v) is 3.71. The minimum absolute atomic E-state index is 0.130. The molecule has 0 unspecified atom stereocenters. The highest BCUT2D eigenvalue weighted by Gasteiger charge is 2.12. The Morgan fingerprint density at radius 1 is 1.53 bits per heavy atom. The van der Waals surface area contributed by atoms with E-state index in [0.717, 1.165) is 23.1 Å². The van der Waals surface area contributed by atoms with Crippen LogP contribution in [0.5, 0.6) is 5.88 Å². The lowest BCUT2D eigenvalue weighted by atomic mass is 10.4. The molecule has 0 saturated carbocycles. The number of allylic oxidation sites excluding steroid dienone is 1. The molecule has 0 spiro atoms. The summed E-state index contributed by atoms with van der Waals surface area (Å²) in [5.41, 5.74) is 0. The first-order valence-corrected chi connectivity index (χ1v) is 6.16. The Bertz CT molecular complexity index is 463. The molecule has 0 N–H and O–H groups in total. The maximum absolute atomic E-state index is 12.5. The molecule has 92 valence electrons. The summed E-state index contributed by atoms with van der Waals surface area (Å²) < 4.78 is 41.3. The van der Waals surface area contributed by atoms with E-state index < -0.39 is 11.9 Å². The maximum atomic E-state index is 12.5. The largest absolute Gasteiger partial charge is 0.479 e. The molecule has 1 heterocycles. The van der Waals surface area contributed by atoms with Crippen LogP contribution in [0, 0.1) is 11.3 Å². The van der Waals surface area contributed by atoms with Gasteiger partial charge in [0.25, 0.3) is 0 Å². The Labute approximate surface area is 104 Å². The Kier molecular flexibility index (Phi) is 5.31. The third-order valence-electron chi connectivity index (χ3n) is 1.62. The Balaban J connectivity index is 2.56. The molecule has 0 bridgehead atoms. The zero-order chi connectivity index (χ0) is 12.8. The van der Waals surface area contributed by atoms with Crippen molar-refractivity contribution >= 4 is 23.1 Å². The monoisotopic (exact) mass is 280 g/mol. The molecule has 0 radical (unpaired) electrons. The standard InChI is InChI=1S/C9H7F3N2OS2/c1-15-8-6(4-13)17-9(14-8)16-3-2-5(10)7(11)12/h2-3H2,1H3. The molecule has 0 aromatic carbocycles. The van der Waals surface area contributed by atoms with Gasteiger partial charge in [-0.05, 0) is 0 Å². The van der Waals surface area contributed by atoms with E-state index in [1.54, 1.807) is 0 Å². The van der Waals surface area contributed by atoms with Crippen molar-refractivity contribution in [3.63, 3.8) is 0 Å². The summed E-state index contributed by atoms with van der Waals surface area (Å²) in [5.74, 6) is -1.08. The van der Waals surface area contributed by atoms with Gasteiger partial charge in [-0.1, -0.05) is 23.1 Å². The van der Waals surface area contributed by atoms with Crippen molar-refractivity contribution in [3.8, 4) is 11.9 Å². The van der Waals surface area contributed by atoms with Crippen LogP contribution >= 0.6 is 23.1 Å². The molecule has 1 rings (SSSR count). The number of hydrogen-bond acceptors (Lipinski definition) is 5. The number of thiazole rings is 1. The number of hydrogen-bond donors (Lipinski definition) is 0. The minimum atomic E-state index is -2.29. The number of nitrogens with zero attached hydrogens (tertiary/aromatic N) is 2. The Morgan fingerprint density at radius 3 is 2.71 bits per heavy atom. The average molecular weight is 280 g/mol. The molecule has 0 fully saturated rings. The van der Waals surface area contributed by atoms with Gasteiger partial charge in [0.2, 0.25) is 5.88 Å². The molecule has 17 heavy (non-hydrogen) atoms. The fourth-order valence-electron chi connectivity index (χ4n) is 0.881. The number of nitriles is 1. The second-order valence-corrected chi connectivity index (χ2v) is 5.03. The van der Waals surface area contributed by atoms with Gasteiger partial charge in [0.15, 0.2) is 15.0 Å². The summed E-state index contributed by atoms with van der Waals surface area (Å²) in [6.07, 6.45) is -2.66. The van der Waals surface area contributed by atoms with Gasteiger partial charge in [-0.15, -0.1) is 0 Å². The molecule has 3 nitrogen and oxygen atoms in total. The van der Waals surface area contributed by atoms with Crippen LogP contribution in [0.1, 0.15) is 11.3 Å². The first kappa shape index (κ1) is 13.9. The van der Waals surface area contributed by atoms with Crippen molar-refractivity contribution < 1.29 is 17.9 Å². The van der Waals surface area contributed by atoms with Crippen molar-refractivity contribution in [2.75, 3.05) is 12.9 Å². The number of rotatable bonds is 5. The number of aromatic nitrogens is 1. The number of ether oxygens (including phenoxy) is 1. The molecule has 0 amide bonds. The highest BCUT2D eigenvalue weighted by atomic mass is 32.2. The number of halogens is 3. The van der Waals surface area contributed by atoms with Crippen molar-refractivity contribution in [2.24, 2.45) is 0 Å². The molecule has 1 aromatic heterocycles. The molecular weight excluding hydrogens is 273 g/mol. The van der Waals surface area contributed by atoms with Gasteiger partial charge >= 0.3 is 6.08 Å². The quantitative estimate of drug-likeness (QED) is 0.773. The van der Waals surface area contributed by atoms with Crippen LogP contribution in [0.4, 0.5) is 13.2 Å². The summed E-state index contributed by atoms with van der Waals surface area (Å²) >= 11 is 2.18. The van der Waals surface area contributed by atoms with E-state index in [9.17, 15) is 13.2 Å². The first-order valence-electron chi connectivity index (χ1n) is 4.35. The molecule has 0 saturated heterocycles. The van der Waals surface area contributed by atoms with Crippen LogP contribution in [-0.2, 0) is 0 Å².